The molecule has 5 rings (SSSR count). The van der Waals surface area contributed by atoms with Crippen molar-refractivity contribution in [2.45, 2.75) is 46.1 Å². The molecular formula is C28H26N2O7. The summed E-state index contributed by atoms with van der Waals surface area (Å²) in [6, 6.07) is 5.52. The van der Waals surface area contributed by atoms with Gasteiger partial charge in [-0.2, -0.15) is 0 Å². The number of phenolic OH excluding ortho intramolecular Hbond substituents is 1. The summed E-state index contributed by atoms with van der Waals surface area (Å²) in [5.74, 6) is -1.61. The number of aromatic nitrogens is 1. The number of furan rings is 1. The van der Waals surface area contributed by atoms with Gasteiger partial charge in [0.25, 0.3) is 0 Å². The van der Waals surface area contributed by atoms with Gasteiger partial charge in [0.1, 0.15) is 23.0 Å². The van der Waals surface area contributed by atoms with Gasteiger partial charge in [-0.15, -0.1) is 0 Å². The maximum Gasteiger partial charge on any atom is 0.339 e. The van der Waals surface area contributed by atoms with Gasteiger partial charge in [0.15, 0.2) is 0 Å². The molecule has 0 saturated carbocycles. The third-order valence-electron chi connectivity index (χ3n) is 6.95. The highest BCUT2D eigenvalue weighted by Gasteiger charge is 2.23. The Labute approximate surface area is 210 Å². The fraction of sp³-hybridized carbons (Fsp3) is 0.250. The average Bonchev–Trinajstić information content (AvgIpc) is 3.42. The normalized spacial score (nSPS) is 12.4. The Morgan fingerprint density at radius 1 is 1.05 bits per heavy atom. The number of aromatic hydroxyl groups is 1. The minimum absolute atomic E-state index is 0.0288. The molecule has 3 aromatic heterocycles. The van der Waals surface area contributed by atoms with E-state index in [9.17, 15) is 24.6 Å². The maximum atomic E-state index is 12.8. The molecule has 2 aromatic carbocycles. The van der Waals surface area contributed by atoms with E-state index in [-0.39, 0.29) is 25.0 Å². The van der Waals surface area contributed by atoms with Crippen molar-refractivity contribution in [3.05, 3.63) is 75.0 Å². The van der Waals surface area contributed by atoms with E-state index >= 15 is 0 Å². The first kappa shape index (κ1) is 24.2. The molecule has 4 N–H and O–H groups in total. The zero-order valence-corrected chi connectivity index (χ0v) is 20.6. The second-order valence-electron chi connectivity index (χ2n) is 9.37. The Morgan fingerprint density at radius 2 is 1.84 bits per heavy atom. The number of phenols is 1. The van der Waals surface area contributed by atoms with Gasteiger partial charge in [0, 0.05) is 51.8 Å². The number of H-pyrrole nitrogens is 1. The van der Waals surface area contributed by atoms with Gasteiger partial charge in [-0.3, -0.25) is 4.79 Å². The fourth-order valence-electron chi connectivity index (χ4n) is 4.87. The Kier molecular flexibility index (Phi) is 5.99. The zero-order chi connectivity index (χ0) is 26.4. The molecule has 0 bridgehead atoms. The summed E-state index contributed by atoms with van der Waals surface area (Å²) in [5, 5.41) is 24.4. The van der Waals surface area contributed by atoms with E-state index in [1.165, 1.54) is 6.07 Å². The molecule has 9 nitrogen and oxygen atoms in total. The Hall–Kier alpha value is -4.53. The number of aromatic amines is 1. The number of rotatable bonds is 7. The van der Waals surface area contributed by atoms with Crippen LogP contribution in [-0.4, -0.2) is 33.1 Å². The molecule has 0 aliphatic rings. The lowest BCUT2D eigenvalue weighted by molar-refractivity contribution is -0.141. The van der Waals surface area contributed by atoms with Crippen molar-refractivity contribution in [2.75, 3.05) is 0 Å². The summed E-state index contributed by atoms with van der Waals surface area (Å²) in [7, 11) is 0. The molecule has 5 aromatic rings. The highest BCUT2D eigenvalue weighted by molar-refractivity contribution is 5.99. The van der Waals surface area contributed by atoms with Crippen LogP contribution >= 0.6 is 0 Å². The molecular weight excluding hydrogens is 476 g/mol. The standard InChI is InChI=1S/C28H26N2O7/c1-13-12-36-25-15(3)26-20(10-19(13)25)14(2)18(28(35)37-26)5-7-24(32)30-23(27(33)34)8-16-11-29-22-6-4-17(31)9-21(16)22/h4,6,9-12,23,29,31H,5,7-8H2,1-3H3,(H,30,32)(H,33,34)/t23-/m0/s1. The number of carbonyl (C=O) groups excluding carboxylic acids is 1. The molecule has 9 heteroatoms. The summed E-state index contributed by atoms with van der Waals surface area (Å²) >= 11 is 0. The number of hydrogen-bond acceptors (Lipinski definition) is 6. The first-order valence-electron chi connectivity index (χ1n) is 11.9. The Bertz CT molecular complexity index is 1760. The van der Waals surface area contributed by atoms with Crippen LogP contribution in [0.15, 0.2) is 50.4 Å². The van der Waals surface area contributed by atoms with E-state index in [0.29, 0.717) is 27.7 Å². The lowest BCUT2D eigenvalue weighted by Gasteiger charge is -2.15. The van der Waals surface area contributed by atoms with Gasteiger partial charge < -0.3 is 29.3 Å². The number of amides is 1. The summed E-state index contributed by atoms with van der Waals surface area (Å²) in [6.07, 6.45) is 3.37. The summed E-state index contributed by atoms with van der Waals surface area (Å²) < 4.78 is 11.3. The quantitative estimate of drug-likeness (QED) is 0.241. The van der Waals surface area contributed by atoms with Crippen LogP contribution in [0.25, 0.3) is 32.8 Å². The molecule has 0 fully saturated rings. The largest absolute Gasteiger partial charge is 0.508 e. The van der Waals surface area contributed by atoms with Gasteiger partial charge in [-0.05, 0) is 68.1 Å². The summed E-state index contributed by atoms with van der Waals surface area (Å²) in [6.45, 7) is 5.60. The monoisotopic (exact) mass is 502 g/mol. The molecule has 0 saturated heterocycles. The third kappa shape index (κ3) is 4.33. The number of carboxylic acids is 1. The molecule has 0 radical (unpaired) electrons. The van der Waals surface area contributed by atoms with Crippen molar-refractivity contribution < 1.29 is 28.6 Å². The highest BCUT2D eigenvalue weighted by Crippen LogP contribution is 2.32. The number of fused-ring (bicyclic) bond motifs is 3. The van der Waals surface area contributed by atoms with Crippen molar-refractivity contribution in [3.8, 4) is 5.75 Å². The van der Waals surface area contributed by atoms with Crippen molar-refractivity contribution in [3.63, 3.8) is 0 Å². The molecule has 1 atom stereocenters. The maximum absolute atomic E-state index is 12.8. The minimum atomic E-state index is -1.18. The van der Waals surface area contributed by atoms with Gasteiger partial charge in [0.05, 0.1) is 6.26 Å². The number of carboxylic acid groups (broad SMARTS) is 1. The van der Waals surface area contributed by atoms with Crippen LogP contribution < -0.4 is 10.9 Å². The molecule has 0 unspecified atom stereocenters. The number of carbonyl (C=O) groups is 2. The summed E-state index contributed by atoms with van der Waals surface area (Å²) in [5.41, 5.74) is 4.80. The van der Waals surface area contributed by atoms with E-state index in [4.69, 9.17) is 8.83 Å². The summed E-state index contributed by atoms with van der Waals surface area (Å²) in [4.78, 5) is 40.5. The number of nitrogens with one attached hydrogen (secondary N) is 2. The molecule has 190 valence electrons. The SMILES string of the molecule is Cc1coc2c(C)c3oc(=O)c(CCC(=O)N[C@@H](Cc4c[nH]c5ccc(O)cc45)C(=O)O)c(C)c3cc12. The Balaban J connectivity index is 1.35. The van der Waals surface area contributed by atoms with Gasteiger partial charge in [-0.1, -0.05) is 0 Å². The lowest BCUT2D eigenvalue weighted by Crippen LogP contribution is -2.42. The van der Waals surface area contributed by atoms with Gasteiger partial charge in [-0.25, -0.2) is 9.59 Å². The van der Waals surface area contributed by atoms with Crippen molar-refractivity contribution in [2.24, 2.45) is 0 Å². The van der Waals surface area contributed by atoms with E-state index in [0.717, 1.165) is 33.0 Å². The first-order valence-corrected chi connectivity index (χ1v) is 11.9. The third-order valence-corrected chi connectivity index (χ3v) is 6.95. The van der Waals surface area contributed by atoms with Crippen molar-refractivity contribution in [1.29, 1.82) is 0 Å². The van der Waals surface area contributed by atoms with E-state index in [2.05, 4.69) is 10.3 Å². The Morgan fingerprint density at radius 3 is 2.59 bits per heavy atom. The molecule has 0 aliphatic heterocycles. The second-order valence-corrected chi connectivity index (χ2v) is 9.37. The molecule has 0 aliphatic carbocycles. The average molecular weight is 503 g/mol. The van der Waals surface area contributed by atoms with E-state index in [1.807, 2.05) is 26.8 Å². The molecule has 37 heavy (non-hydrogen) atoms. The van der Waals surface area contributed by atoms with Crippen LogP contribution in [0, 0.1) is 20.8 Å². The van der Waals surface area contributed by atoms with Crippen molar-refractivity contribution >= 4 is 44.7 Å². The topological polar surface area (TPSA) is 146 Å². The van der Waals surface area contributed by atoms with Crippen molar-refractivity contribution in [1.82, 2.24) is 10.3 Å². The number of aliphatic carboxylic acids is 1. The molecule has 1 amide bonds. The number of hydrogen-bond donors (Lipinski definition) is 4. The number of benzene rings is 2. The van der Waals surface area contributed by atoms with Crippen LogP contribution in [0.2, 0.25) is 0 Å². The predicted octanol–water partition coefficient (Wildman–Crippen LogP) is 4.40. The van der Waals surface area contributed by atoms with Crippen LogP contribution in [0.1, 0.15) is 34.2 Å². The lowest BCUT2D eigenvalue weighted by atomic mass is 9.98. The molecule has 3 heterocycles. The number of aryl methyl sites for hydroxylation is 3. The second kappa shape index (κ2) is 9.16. The minimum Gasteiger partial charge on any atom is -0.508 e. The van der Waals surface area contributed by atoms with Gasteiger partial charge >= 0.3 is 11.6 Å². The zero-order valence-electron chi connectivity index (χ0n) is 20.6. The smallest absolute Gasteiger partial charge is 0.339 e. The van der Waals surface area contributed by atoms with E-state index in [1.54, 1.807) is 24.6 Å². The predicted molar refractivity (Wildman–Crippen MR) is 138 cm³/mol. The fourth-order valence-corrected chi connectivity index (χ4v) is 4.87. The molecule has 0 spiro atoms. The van der Waals surface area contributed by atoms with Gasteiger partial charge in [0.2, 0.25) is 5.91 Å². The van der Waals surface area contributed by atoms with Crippen LogP contribution in [0.3, 0.4) is 0 Å². The first-order chi connectivity index (χ1) is 17.6. The van der Waals surface area contributed by atoms with Crippen LogP contribution in [0.4, 0.5) is 0 Å². The van der Waals surface area contributed by atoms with Crippen LogP contribution in [-0.2, 0) is 22.4 Å². The van der Waals surface area contributed by atoms with E-state index < -0.39 is 23.5 Å². The van der Waals surface area contributed by atoms with Crippen LogP contribution in [0.5, 0.6) is 5.75 Å². The highest BCUT2D eigenvalue weighted by atomic mass is 16.4.